The molecule has 8 rings (SSSR count). The smallest absolute Gasteiger partial charge is 0.140 e. The van der Waals surface area contributed by atoms with E-state index in [1.165, 1.54) is 70.4 Å². The average molecular weight is 487 g/mol. The Balaban J connectivity index is 1.41. The lowest BCUT2D eigenvalue weighted by Crippen LogP contribution is -2.56. The number of benzene rings is 4. The second-order valence-corrected chi connectivity index (χ2v) is 11.1. The maximum absolute atomic E-state index is 7.26. The number of hydrogen-bond acceptors (Lipinski definition) is 3. The summed E-state index contributed by atoms with van der Waals surface area (Å²) in [5.74, 6) is 2.57. The van der Waals surface area contributed by atoms with E-state index < -0.39 is 0 Å². The van der Waals surface area contributed by atoms with Gasteiger partial charge in [-0.1, -0.05) is 73.5 Å². The Bertz CT molecular complexity index is 1610. The molecule has 0 amide bonds. The van der Waals surface area contributed by atoms with E-state index in [1.807, 2.05) is 6.20 Å². The van der Waals surface area contributed by atoms with Crippen LogP contribution < -0.4 is 4.74 Å². The van der Waals surface area contributed by atoms with Crippen LogP contribution in [0.5, 0.6) is 5.75 Å². The summed E-state index contributed by atoms with van der Waals surface area (Å²) in [7, 11) is 0. The Hall–Kier alpha value is -3.43. The van der Waals surface area contributed by atoms with Crippen molar-refractivity contribution in [2.24, 2.45) is 11.8 Å². The summed E-state index contributed by atoms with van der Waals surface area (Å²) in [5, 5.41) is 6.15. The number of fused-ring (bicyclic) bond motifs is 7. The maximum Gasteiger partial charge on any atom is 0.140 e. The standard InChI is InChI=1S/C34H34N2O/c1-3-23-21-36-17-15-24(23)19-32(36)34(29-14-16-35-31-13-12-22(2)18-30(29)31)37-33-20-25-8-4-5-9-26(25)27-10-6-7-11-28(27)33/h4-14,16,18,20,23-24,32,34H,3,15,17,19,21H2,1-2H3/t23-,24+,32+,34-/m0/s1. The van der Waals surface area contributed by atoms with E-state index in [2.05, 4.69) is 97.6 Å². The van der Waals surface area contributed by atoms with Crippen molar-refractivity contribution in [2.45, 2.75) is 45.3 Å². The van der Waals surface area contributed by atoms with Gasteiger partial charge in [-0.25, -0.2) is 0 Å². The van der Waals surface area contributed by atoms with E-state index in [0.29, 0.717) is 6.04 Å². The zero-order valence-electron chi connectivity index (χ0n) is 21.7. The molecule has 5 atom stereocenters. The molecule has 0 radical (unpaired) electrons. The topological polar surface area (TPSA) is 25.4 Å². The van der Waals surface area contributed by atoms with Crippen LogP contribution in [0.15, 0.2) is 85.1 Å². The molecule has 3 nitrogen and oxygen atoms in total. The van der Waals surface area contributed by atoms with Crippen LogP contribution in [0.4, 0.5) is 0 Å². The van der Waals surface area contributed by atoms with Gasteiger partial charge >= 0.3 is 0 Å². The second kappa shape index (κ2) is 9.15. The summed E-state index contributed by atoms with van der Waals surface area (Å²) in [5.41, 5.74) is 3.56. The SMILES string of the molecule is CC[C@H]1CN2CC[C@@H]1C[C@@H]2[C@@H](Oc1cc2ccccc2c2ccccc12)c1ccnc2ccc(C)cc12. The molecule has 0 saturated carbocycles. The number of rotatable bonds is 5. The van der Waals surface area contributed by atoms with Gasteiger partial charge in [0.1, 0.15) is 11.9 Å². The van der Waals surface area contributed by atoms with Crippen LogP contribution in [0.25, 0.3) is 32.4 Å². The quantitative estimate of drug-likeness (QED) is 0.235. The lowest BCUT2D eigenvalue weighted by Gasteiger charge is -2.52. The fourth-order valence-electron chi connectivity index (χ4n) is 7.09. The molecular weight excluding hydrogens is 452 g/mol. The number of piperidine rings is 3. The number of aromatic nitrogens is 1. The normalized spacial score (nSPS) is 24.1. The van der Waals surface area contributed by atoms with Crippen molar-refractivity contribution in [1.29, 1.82) is 0 Å². The molecule has 3 aliphatic heterocycles. The summed E-state index contributed by atoms with van der Waals surface area (Å²) in [6, 6.07) is 28.8. The first-order valence-corrected chi connectivity index (χ1v) is 13.9. The summed E-state index contributed by atoms with van der Waals surface area (Å²) in [6.07, 6.45) is 5.69. The molecule has 3 fully saturated rings. The van der Waals surface area contributed by atoms with Gasteiger partial charge in [0.25, 0.3) is 0 Å². The molecule has 5 aromatic rings. The third-order valence-electron chi connectivity index (χ3n) is 9.03. The van der Waals surface area contributed by atoms with Crippen molar-refractivity contribution in [3.63, 3.8) is 0 Å². The van der Waals surface area contributed by atoms with Crippen LogP contribution in [-0.2, 0) is 0 Å². The van der Waals surface area contributed by atoms with E-state index in [0.717, 1.165) is 23.1 Å². The zero-order chi connectivity index (χ0) is 24.9. The third-order valence-corrected chi connectivity index (χ3v) is 9.03. The third kappa shape index (κ3) is 3.88. The maximum atomic E-state index is 7.26. The van der Waals surface area contributed by atoms with Gasteiger partial charge < -0.3 is 4.74 Å². The Morgan fingerprint density at radius 2 is 1.73 bits per heavy atom. The molecule has 3 aliphatic rings. The zero-order valence-corrected chi connectivity index (χ0v) is 21.7. The van der Waals surface area contributed by atoms with Crippen LogP contribution in [0.2, 0.25) is 0 Å². The summed E-state index contributed by atoms with van der Waals surface area (Å²) < 4.78 is 7.26. The van der Waals surface area contributed by atoms with Crippen LogP contribution in [-0.4, -0.2) is 29.0 Å². The largest absolute Gasteiger partial charge is 0.483 e. The Morgan fingerprint density at radius 3 is 2.54 bits per heavy atom. The number of ether oxygens (including phenoxy) is 1. The van der Waals surface area contributed by atoms with Gasteiger partial charge in [-0.05, 0) is 78.6 Å². The monoisotopic (exact) mass is 486 g/mol. The molecule has 0 N–H and O–H groups in total. The Kier molecular flexibility index (Phi) is 5.62. The highest BCUT2D eigenvalue weighted by Crippen LogP contribution is 2.45. The molecule has 1 aromatic heterocycles. The number of hydrogen-bond donors (Lipinski definition) is 0. The first-order chi connectivity index (χ1) is 18.2. The van der Waals surface area contributed by atoms with Crippen LogP contribution in [0.1, 0.15) is 43.4 Å². The van der Waals surface area contributed by atoms with E-state index in [1.54, 1.807) is 0 Å². The van der Waals surface area contributed by atoms with Gasteiger partial charge in [-0.3, -0.25) is 9.88 Å². The molecule has 3 heteroatoms. The summed E-state index contributed by atoms with van der Waals surface area (Å²) >= 11 is 0. The van der Waals surface area contributed by atoms with E-state index in [-0.39, 0.29) is 6.10 Å². The number of pyridine rings is 1. The molecule has 0 spiro atoms. The number of aryl methyl sites for hydroxylation is 1. The molecule has 186 valence electrons. The summed E-state index contributed by atoms with van der Waals surface area (Å²) in [6.45, 7) is 6.88. The van der Waals surface area contributed by atoms with Crippen molar-refractivity contribution >= 4 is 32.4 Å². The minimum atomic E-state index is -0.0579. The lowest BCUT2D eigenvalue weighted by atomic mass is 9.72. The van der Waals surface area contributed by atoms with Crippen LogP contribution in [0, 0.1) is 18.8 Å². The van der Waals surface area contributed by atoms with Crippen molar-refractivity contribution in [1.82, 2.24) is 9.88 Å². The molecule has 4 heterocycles. The predicted octanol–water partition coefficient (Wildman–Crippen LogP) is 8.09. The van der Waals surface area contributed by atoms with Gasteiger partial charge in [0, 0.05) is 29.1 Å². The van der Waals surface area contributed by atoms with Gasteiger partial charge in [0.2, 0.25) is 0 Å². The highest BCUT2D eigenvalue weighted by molar-refractivity contribution is 6.10. The van der Waals surface area contributed by atoms with Gasteiger partial charge in [0.15, 0.2) is 0 Å². The molecule has 4 aromatic carbocycles. The van der Waals surface area contributed by atoms with Crippen molar-refractivity contribution in [3.05, 3.63) is 96.2 Å². The van der Waals surface area contributed by atoms with Crippen LogP contribution in [0.3, 0.4) is 0 Å². The molecule has 0 aliphatic carbocycles. The van der Waals surface area contributed by atoms with E-state index >= 15 is 0 Å². The van der Waals surface area contributed by atoms with Gasteiger partial charge in [-0.15, -0.1) is 0 Å². The minimum absolute atomic E-state index is 0.0579. The average Bonchev–Trinajstić information content (AvgIpc) is 2.96. The fraction of sp³-hybridized carbons (Fsp3) is 0.324. The summed E-state index contributed by atoms with van der Waals surface area (Å²) in [4.78, 5) is 7.44. The molecule has 1 unspecified atom stereocenters. The molecular formula is C34H34N2O. The minimum Gasteiger partial charge on any atom is -0.483 e. The predicted molar refractivity (Wildman–Crippen MR) is 153 cm³/mol. The second-order valence-electron chi connectivity index (χ2n) is 11.1. The number of nitrogens with zero attached hydrogens (tertiary/aromatic N) is 2. The van der Waals surface area contributed by atoms with Gasteiger partial charge in [0.05, 0.1) is 11.6 Å². The van der Waals surface area contributed by atoms with Gasteiger partial charge in [-0.2, -0.15) is 0 Å². The Labute approximate surface area is 219 Å². The molecule has 37 heavy (non-hydrogen) atoms. The fourth-order valence-corrected chi connectivity index (χ4v) is 7.09. The van der Waals surface area contributed by atoms with Crippen LogP contribution >= 0.6 is 0 Å². The first-order valence-electron chi connectivity index (χ1n) is 13.9. The van der Waals surface area contributed by atoms with E-state index in [4.69, 9.17) is 9.72 Å². The van der Waals surface area contributed by atoms with Crippen molar-refractivity contribution in [2.75, 3.05) is 13.1 Å². The highest BCUT2D eigenvalue weighted by atomic mass is 16.5. The lowest BCUT2D eigenvalue weighted by molar-refractivity contribution is -0.0480. The first kappa shape index (κ1) is 22.7. The highest BCUT2D eigenvalue weighted by Gasteiger charge is 2.44. The van der Waals surface area contributed by atoms with Crippen molar-refractivity contribution < 1.29 is 4.74 Å². The molecule has 2 bridgehead atoms. The Morgan fingerprint density at radius 1 is 0.919 bits per heavy atom. The van der Waals surface area contributed by atoms with Crippen molar-refractivity contribution in [3.8, 4) is 5.75 Å². The van der Waals surface area contributed by atoms with E-state index in [9.17, 15) is 0 Å². The molecule has 3 saturated heterocycles.